The monoisotopic (exact) mass is 274 g/mol. The highest BCUT2D eigenvalue weighted by atomic mass is 16.5. The fraction of sp³-hybridized carbons (Fsp3) is 0.750. The lowest BCUT2D eigenvalue weighted by atomic mass is 9.92. The maximum absolute atomic E-state index is 11.9. The van der Waals surface area contributed by atoms with Crippen LogP contribution in [-0.4, -0.2) is 41.6 Å². The van der Waals surface area contributed by atoms with Crippen molar-refractivity contribution in [3.05, 3.63) is 0 Å². The number of hydrogen-bond donors (Lipinski definition) is 3. The summed E-state index contributed by atoms with van der Waals surface area (Å²) in [6.07, 6.45) is 0.693. The molecule has 7 heteroatoms. The summed E-state index contributed by atoms with van der Waals surface area (Å²) in [7, 11) is 1.22. The van der Waals surface area contributed by atoms with Crippen molar-refractivity contribution in [1.82, 2.24) is 5.32 Å². The number of hydrogen-bond acceptors (Lipinski definition) is 5. The van der Waals surface area contributed by atoms with Gasteiger partial charge in [-0.15, -0.1) is 0 Å². The van der Waals surface area contributed by atoms with Crippen LogP contribution in [0.25, 0.3) is 0 Å². The summed E-state index contributed by atoms with van der Waals surface area (Å²) < 4.78 is 4.43. The Labute approximate surface area is 112 Å². The number of ether oxygens (including phenoxy) is 1. The molecule has 1 unspecified atom stereocenters. The van der Waals surface area contributed by atoms with Crippen molar-refractivity contribution >= 4 is 17.8 Å². The van der Waals surface area contributed by atoms with Crippen LogP contribution in [-0.2, 0) is 19.1 Å². The molecular formula is C12H22N2O5. The Morgan fingerprint density at radius 2 is 1.84 bits per heavy atom. The lowest BCUT2D eigenvalue weighted by Gasteiger charge is -2.27. The predicted molar refractivity (Wildman–Crippen MR) is 68.3 cm³/mol. The first-order chi connectivity index (χ1) is 8.80. The second-order valence-electron chi connectivity index (χ2n) is 4.34. The van der Waals surface area contributed by atoms with E-state index in [1.165, 1.54) is 7.11 Å². The van der Waals surface area contributed by atoms with E-state index < -0.39 is 29.4 Å². The second-order valence-corrected chi connectivity index (χ2v) is 4.34. The second kappa shape index (κ2) is 7.73. The van der Waals surface area contributed by atoms with Crippen LogP contribution in [0.15, 0.2) is 0 Å². The molecule has 0 aromatic heterocycles. The third-order valence-electron chi connectivity index (χ3n) is 3.18. The van der Waals surface area contributed by atoms with E-state index in [0.29, 0.717) is 12.8 Å². The van der Waals surface area contributed by atoms with E-state index in [4.69, 9.17) is 10.8 Å². The lowest BCUT2D eigenvalue weighted by molar-refractivity contribution is -0.144. The fourth-order valence-electron chi connectivity index (χ4n) is 1.49. The van der Waals surface area contributed by atoms with Gasteiger partial charge >= 0.3 is 11.9 Å². The number of rotatable bonds is 8. The molecule has 0 bridgehead atoms. The van der Waals surface area contributed by atoms with Gasteiger partial charge in [0.2, 0.25) is 5.91 Å². The van der Waals surface area contributed by atoms with Gasteiger partial charge in [0.1, 0.15) is 6.04 Å². The van der Waals surface area contributed by atoms with Gasteiger partial charge in [-0.3, -0.25) is 9.59 Å². The third-order valence-corrected chi connectivity index (χ3v) is 3.18. The van der Waals surface area contributed by atoms with Crippen molar-refractivity contribution in [1.29, 1.82) is 0 Å². The van der Waals surface area contributed by atoms with Crippen LogP contribution < -0.4 is 11.1 Å². The minimum Gasteiger partial charge on any atom is -0.480 e. The van der Waals surface area contributed by atoms with E-state index in [1.54, 1.807) is 13.8 Å². The number of aliphatic carboxylic acids is 1. The Morgan fingerprint density at radius 3 is 2.21 bits per heavy atom. The quantitative estimate of drug-likeness (QED) is 0.537. The Balaban J connectivity index is 4.63. The van der Waals surface area contributed by atoms with E-state index in [9.17, 15) is 14.4 Å². The van der Waals surface area contributed by atoms with E-state index in [-0.39, 0.29) is 12.8 Å². The number of methoxy groups -OCH3 is 1. The average Bonchev–Trinajstić information content (AvgIpc) is 2.41. The summed E-state index contributed by atoms with van der Waals surface area (Å²) in [6, 6.07) is -1.15. The zero-order valence-corrected chi connectivity index (χ0v) is 11.6. The van der Waals surface area contributed by atoms with Crippen LogP contribution in [0.4, 0.5) is 0 Å². The van der Waals surface area contributed by atoms with E-state index in [1.807, 2.05) is 0 Å². The largest absolute Gasteiger partial charge is 0.480 e. The van der Waals surface area contributed by atoms with Crippen LogP contribution in [0.5, 0.6) is 0 Å². The molecule has 0 spiro atoms. The van der Waals surface area contributed by atoms with E-state index in [0.717, 1.165) is 0 Å². The molecule has 0 aliphatic carbocycles. The van der Waals surface area contributed by atoms with Crippen molar-refractivity contribution in [3.63, 3.8) is 0 Å². The lowest BCUT2D eigenvalue weighted by Crippen LogP contribution is -2.56. The van der Waals surface area contributed by atoms with Crippen molar-refractivity contribution in [2.24, 2.45) is 5.73 Å². The number of nitrogens with one attached hydrogen (secondary N) is 1. The zero-order valence-electron chi connectivity index (χ0n) is 11.6. The average molecular weight is 274 g/mol. The van der Waals surface area contributed by atoms with Gasteiger partial charge in [0.05, 0.1) is 12.6 Å². The molecule has 1 amide bonds. The molecule has 110 valence electrons. The maximum Gasteiger partial charge on any atom is 0.326 e. The van der Waals surface area contributed by atoms with Gasteiger partial charge in [0, 0.05) is 6.42 Å². The Kier molecular flexibility index (Phi) is 7.06. The summed E-state index contributed by atoms with van der Waals surface area (Å²) in [4.78, 5) is 34.0. The number of carbonyl (C=O) groups excluding carboxylic acids is 2. The van der Waals surface area contributed by atoms with E-state index in [2.05, 4.69) is 10.1 Å². The van der Waals surface area contributed by atoms with Gasteiger partial charge < -0.3 is 20.9 Å². The molecule has 0 saturated heterocycles. The van der Waals surface area contributed by atoms with Gasteiger partial charge in [0.25, 0.3) is 0 Å². The first kappa shape index (κ1) is 17.4. The van der Waals surface area contributed by atoms with Gasteiger partial charge in [0.15, 0.2) is 0 Å². The summed E-state index contributed by atoms with van der Waals surface area (Å²) in [6.45, 7) is 3.51. The summed E-state index contributed by atoms with van der Waals surface area (Å²) in [5.41, 5.74) is 4.79. The normalized spacial score (nSPS) is 12.6. The molecule has 0 saturated carbocycles. The number of carbonyl (C=O) groups is 3. The fourth-order valence-corrected chi connectivity index (χ4v) is 1.49. The molecule has 0 aromatic carbocycles. The number of carboxylic acids is 1. The highest BCUT2D eigenvalue weighted by Gasteiger charge is 2.33. The predicted octanol–water partition coefficient (Wildman–Crippen LogP) is 0.0265. The number of esters is 1. The van der Waals surface area contributed by atoms with Crippen molar-refractivity contribution < 1.29 is 24.2 Å². The molecule has 7 nitrogen and oxygen atoms in total. The smallest absolute Gasteiger partial charge is 0.326 e. The number of amides is 1. The molecule has 0 fully saturated rings. The minimum absolute atomic E-state index is 0.0305. The highest BCUT2D eigenvalue weighted by molar-refractivity contribution is 5.90. The molecule has 0 aliphatic heterocycles. The van der Waals surface area contributed by atoms with Crippen LogP contribution in [0.1, 0.15) is 39.5 Å². The molecule has 0 heterocycles. The van der Waals surface area contributed by atoms with Crippen molar-refractivity contribution in [3.8, 4) is 0 Å². The van der Waals surface area contributed by atoms with Crippen LogP contribution in [0.3, 0.4) is 0 Å². The Hall–Kier alpha value is -1.63. The van der Waals surface area contributed by atoms with Crippen LogP contribution in [0.2, 0.25) is 0 Å². The molecule has 1 atom stereocenters. The van der Waals surface area contributed by atoms with Gasteiger partial charge in [-0.25, -0.2) is 4.79 Å². The molecule has 0 radical (unpaired) electrons. The zero-order chi connectivity index (χ0) is 15.1. The topological polar surface area (TPSA) is 119 Å². The van der Waals surface area contributed by atoms with Crippen molar-refractivity contribution in [2.45, 2.75) is 51.1 Å². The molecule has 0 rings (SSSR count). The first-order valence-corrected chi connectivity index (χ1v) is 6.20. The van der Waals surface area contributed by atoms with Crippen LogP contribution in [0, 0.1) is 0 Å². The van der Waals surface area contributed by atoms with Gasteiger partial charge in [-0.05, 0) is 19.3 Å². The molecule has 0 aliphatic rings. The number of nitrogens with two attached hydrogens (primary N) is 1. The van der Waals surface area contributed by atoms with Gasteiger partial charge in [-0.1, -0.05) is 13.8 Å². The van der Waals surface area contributed by atoms with Crippen molar-refractivity contribution in [2.75, 3.05) is 7.11 Å². The van der Waals surface area contributed by atoms with Crippen LogP contribution >= 0.6 is 0 Å². The molecule has 4 N–H and O–H groups in total. The summed E-state index contributed by atoms with van der Waals surface area (Å²) >= 11 is 0. The highest BCUT2D eigenvalue weighted by Crippen LogP contribution is 2.12. The minimum atomic E-state index is -1.20. The van der Waals surface area contributed by atoms with E-state index >= 15 is 0 Å². The standard InChI is InChI=1S/C12H22N2O5/c1-4-12(13,5-2)11(18)14-8(10(16)17)6-7-9(15)19-3/h8H,4-7,13H2,1-3H3,(H,14,18)(H,16,17). The summed E-state index contributed by atoms with van der Waals surface area (Å²) in [5.74, 6) is -2.24. The summed E-state index contributed by atoms with van der Waals surface area (Å²) in [5, 5.41) is 11.4. The first-order valence-electron chi connectivity index (χ1n) is 6.20. The SMILES string of the molecule is CCC(N)(CC)C(=O)NC(CCC(=O)OC)C(=O)O. The number of carboxylic acid groups (broad SMARTS) is 1. The van der Waals surface area contributed by atoms with Gasteiger partial charge in [-0.2, -0.15) is 0 Å². The third kappa shape index (κ3) is 5.25. The molecular weight excluding hydrogens is 252 g/mol. The molecule has 19 heavy (non-hydrogen) atoms. The maximum atomic E-state index is 11.9. The molecule has 0 aromatic rings. The Bertz CT molecular complexity index is 339. The Morgan fingerprint density at radius 1 is 1.32 bits per heavy atom.